The zero-order valence-corrected chi connectivity index (χ0v) is 13.5. The maximum absolute atomic E-state index is 12.6. The number of hydrogen-bond donors (Lipinski definition) is 2. The second kappa shape index (κ2) is 4.99. The number of aryl methyl sites for hydroxylation is 2. The van der Waals surface area contributed by atoms with E-state index in [1.807, 2.05) is 0 Å². The van der Waals surface area contributed by atoms with E-state index in [0.29, 0.717) is 17.6 Å². The summed E-state index contributed by atoms with van der Waals surface area (Å²) in [5.41, 5.74) is 1.17. The van der Waals surface area contributed by atoms with Crippen molar-refractivity contribution < 1.29 is 0 Å². The maximum Gasteiger partial charge on any atom is 0.260 e. The minimum absolute atomic E-state index is 0.0535. The fourth-order valence-electron chi connectivity index (χ4n) is 3.37. The summed E-state index contributed by atoms with van der Waals surface area (Å²) in [7, 11) is 0. The van der Waals surface area contributed by atoms with Gasteiger partial charge in [0.15, 0.2) is 5.82 Å². The molecule has 3 heterocycles. The first-order chi connectivity index (χ1) is 11.3. The number of aromatic nitrogens is 5. The van der Waals surface area contributed by atoms with E-state index >= 15 is 0 Å². The van der Waals surface area contributed by atoms with Crippen molar-refractivity contribution in [3.05, 3.63) is 26.6 Å². The van der Waals surface area contributed by atoms with Crippen LogP contribution in [-0.4, -0.2) is 25.1 Å². The topological polar surface area (TPSA) is 87.3 Å². The lowest BCUT2D eigenvalue weighted by Crippen LogP contribution is -2.10. The molecule has 7 heteroatoms. The van der Waals surface area contributed by atoms with Gasteiger partial charge in [-0.25, -0.2) is 9.97 Å². The predicted octanol–water partition coefficient (Wildman–Crippen LogP) is 2.92. The molecule has 0 atom stereocenters. The summed E-state index contributed by atoms with van der Waals surface area (Å²) >= 11 is 1.66. The van der Waals surface area contributed by atoms with Crippen LogP contribution in [0.2, 0.25) is 0 Å². The van der Waals surface area contributed by atoms with Crippen LogP contribution in [0.3, 0.4) is 0 Å². The second-order valence-corrected chi connectivity index (χ2v) is 7.56. The van der Waals surface area contributed by atoms with Gasteiger partial charge in [0, 0.05) is 10.8 Å². The number of aromatic amines is 2. The molecule has 0 amide bonds. The summed E-state index contributed by atoms with van der Waals surface area (Å²) in [4.78, 5) is 26.8. The Morgan fingerprint density at radius 2 is 1.96 bits per heavy atom. The van der Waals surface area contributed by atoms with Crippen LogP contribution in [-0.2, 0) is 12.8 Å². The molecule has 1 saturated carbocycles. The lowest BCUT2D eigenvalue weighted by atomic mass is 10.1. The molecule has 3 aromatic rings. The van der Waals surface area contributed by atoms with Crippen LogP contribution in [0.25, 0.3) is 21.9 Å². The zero-order chi connectivity index (χ0) is 15.4. The Labute approximate surface area is 136 Å². The number of nitrogens with one attached hydrogen (secondary N) is 2. The number of H-pyrrole nitrogens is 2. The molecule has 118 valence electrons. The van der Waals surface area contributed by atoms with E-state index in [1.54, 1.807) is 11.3 Å². The number of thiophene rings is 1. The number of rotatable bonds is 2. The molecule has 0 aliphatic heterocycles. The van der Waals surface area contributed by atoms with Crippen LogP contribution in [0.4, 0.5) is 0 Å². The fraction of sp³-hybridized carbons (Fsp3) is 0.500. The molecule has 1 fully saturated rings. The molecular formula is C16H17N5OS. The SMILES string of the molecule is O=c1[nH]c(-c2n[nH]c(C3CC3)n2)nc2sc3c(c12)CCCCC3. The maximum atomic E-state index is 12.6. The number of nitrogens with zero attached hydrogens (tertiary/aromatic N) is 3. The first kappa shape index (κ1) is 13.4. The van der Waals surface area contributed by atoms with Crippen LogP contribution >= 0.6 is 11.3 Å². The van der Waals surface area contributed by atoms with Gasteiger partial charge in [0.1, 0.15) is 10.7 Å². The highest BCUT2D eigenvalue weighted by atomic mass is 32.1. The standard InChI is InChI=1S/C16H17N5OS/c22-15-11-9-4-2-1-3-5-10(9)23-16(11)19-13(18-15)14-17-12(20-21-14)8-6-7-8/h8H,1-7H2,(H,17,20,21)(H,18,19,22). The molecule has 3 aromatic heterocycles. The molecule has 6 nitrogen and oxygen atoms in total. The van der Waals surface area contributed by atoms with E-state index in [4.69, 9.17) is 0 Å². The molecule has 2 aliphatic carbocycles. The van der Waals surface area contributed by atoms with Crippen molar-refractivity contribution in [2.45, 2.75) is 50.9 Å². The molecule has 23 heavy (non-hydrogen) atoms. The number of fused-ring (bicyclic) bond motifs is 3. The third kappa shape index (κ3) is 2.22. The molecule has 0 spiro atoms. The highest BCUT2D eigenvalue weighted by Crippen LogP contribution is 2.38. The lowest BCUT2D eigenvalue weighted by Gasteiger charge is -1.98. The quantitative estimate of drug-likeness (QED) is 0.708. The minimum atomic E-state index is -0.0535. The van der Waals surface area contributed by atoms with E-state index in [2.05, 4.69) is 25.1 Å². The molecule has 0 radical (unpaired) electrons. The van der Waals surface area contributed by atoms with Crippen LogP contribution in [0.5, 0.6) is 0 Å². The zero-order valence-electron chi connectivity index (χ0n) is 12.7. The van der Waals surface area contributed by atoms with E-state index in [1.165, 1.54) is 23.3 Å². The Kier molecular flexibility index (Phi) is 2.91. The third-order valence-electron chi connectivity index (χ3n) is 4.75. The van der Waals surface area contributed by atoms with Crippen molar-refractivity contribution in [2.24, 2.45) is 0 Å². The Balaban J connectivity index is 1.64. The van der Waals surface area contributed by atoms with E-state index < -0.39 is 0 Å². The summed E-state index contributed by atoms with van der Waals surface area (Å²) < 4.78 is 0. The third-order valence-corrected chi connectivity index (χ3v) is 5.94. The van der Waals surface area contributed by atoms with E-state index in [9.17, 15) is 4.79 Å². The first-order valence-corrected chi connectivity index (χ1v) is 9.08. The Bertz CT molecular complexity index is 949. The monoisotopic (exact) mass is 327 g/mol. The van der Waals surface area contributed by atoms with E-state index in [0.717, 1.165) is 48.1 Å². The van der Waals surface area contributed by atoms with Crippen molar-refractivity contribution >= 4 is 21.6 Å². The average molecular weight is 327 g/mol. The highest BCUT2D eigenvalue weighted by Gasteiger charge is 2.28. The van der Waals surface area contributed by atoms with Crippen LogP contribution in [0.1, 0.15) is 54.3 Å². The summed E-state index contributed by atoms with van der Waals surface area (Å²) in [6, 6.07) is 0. The lowest BCUT2D eigenvalue weighted by molar-refractivity contribution is 0.713. The molecule has 5 rings (SSSR count). The summed E-state index contributed by atoms with van der Waals surface area (Å²) in [6.07, 6.45) is 7.99. The molecule has 2 N–H and O–H groups in total. The van der Waals surface area contributed by atoms with Crippen LogP contribution in [0, 0.1) is 0 Å². The average Bonchev–Trinajstić information content (AvgIpc) is 3.23. The Morgan fingerprint density at radius 1 is 1.09 bits per heavy atom. The van der Waals surface area contributed by atoms with Gasteiger partial charge in [0.25, 0.3) is 5.56 Å². The van der Waals surface area contributed by atoms with Gasteiger partial charge in [0.05, 0.1) is 5.39 Å². The molecule has 0 bridgehead atoms. The van der Waals surface area contributed by atoms with Crippen molar-refractivity contribution in [1.82, 2.24) is 25.1 Å². The summed E-state index contributed by atoms with van der Waals surface area (Å²) in [5, 5.41) is 7.99. The van der Waals surface area contributed by atoms with Crippen LogP contribution < -0.4 is 5.56 Å². The predicted molar refractivity (Wildman–Crippen MR) is 88.9 cm³/mol. The van der Waals surface area contributed by atoms with Crippen LogP contribution in [0.15, 0.2) is 4.79 Å². The normalized spacial score (nSPS) is 18.1. The Hall–Kier alpha value is -2.02. The van der Waals surface area contributed by atoms with Gasteiger partial charge in [-0.2, -0.15) is 5.10 Å². The summed E-state index contributed by atoms with van der Waals surface area (Å²) in [5.74, 6) is 2.38. The highest BCUT2D eigenvalue weighted by molar-refractivity contribution is 7.18. The van der Waals surface area contributed by atoms with Gasteiger partial charge in [0.2, 0.25) is 5.82 Å². The minimum Gasteiger partial charge on any atom is -0.303 e. The van der Waals surface area contributed by atoms with Gasteiger partial charge in [-0.1, -0.05) is 6.42 Å². The van der Waals surface area contributed by atoms with Gasteiger partial charge in [-0.05, 0) is 44.1 Å². The van der Waals surface area contributed by atoms with Crippen molar-refractivity contribution in [1.29, 1.82) is 0 Å². The molecule has 0 saturated heterocycles. The second-order valence-electron chi connectivity index (χ2n) is 6.48. The Morgan fingerprint density at radius 3 is 2.83 bits per heavy atom. The molecule has 0 aromatic carbocycles. The first-order valence-electron chi connectivity index (χ1n) is 8.27. The van der Waals surface area contributed by atoms with Crippen molar-refractivity contribution in [2.75, 3.05) is 0 Å². The molecule has 0 unspecified atom stereocenters. The fourth-order valence-corrected chi connectivity index (χ4v) is 4.63. The van der Waals surface area contributed by atoms with Crippen molar-refractivity contribution in [3.8, 4) is 11.6 Å². The van der Waals surface area contributed by atoms with Gasteiger partial charge in [-0.15, -0.1) is 11.3 Å². The molecule has 2 aliphatic rings. The molecular weight excluding hydrogens is 310 g/mol. The van der Waals surface area contributed by atoms with Gasteiger partial charge < -0.3 is 4.98 Å². The summed E-state index contributed by atoms with van der Waals surface area (Å²) in [6.45, 7) is 0. The van der Waals surface area contributed by atoms with Gasteiger partial charge >= 0.3 is 0 Å². The largest absolute Gasteiger partial charge is 0.303 e. The van der Waals surface area contributed by atoms with Gasteiger partial charge in [-0.3, -0.25) is 9.89 Å². The smallest absolute Gasteiger partial charge is 0.260 e. The van der Waals surface area contributed by atoms with E-state index in [-0.39, 0.29) is 5.56 Å². The van der Waals surface area contributed by atoms with Crippen molar-refractivity contribution in [3.63, 3.8) is 0 Å². The number of hydrogen-bond acceptors (Lipinski definition) is 5.